The molecular formula is C19H32N2. The van der Waals surface area contributed by atoms with Gasteiger partial charge in [0.05, 0.1) is 0 Å². The molecule has 2 nitrogen and oxygen atoms in total. The molecule has 0 unspecified atom stereocenters. The molecule has 21 heavy (non-hydrogen) atoms. The zero-order chi connectivity index (χ0) is 14.7. The highest BCUT2D eigenvalue weighted by Gasteiger charge is 2.58. The van der Waals surface area contributed by atoms with Crippen LogP contribution in [0.15, 0.2) is 5.10 Å². The van der Waals surface area contributed by atoms with Crippen LogP contribution in [0, 0.1) is 34.5 Å². The molecule has 4 rings (SSSR count). The lowest BCUT2D eigenvalue weighted by molar-refractivity contribution is -0.0936. The van der Waals surface area contributed by atoms with Crippen molar-refractivity contribution in [3.63, 3.8) is 0 Å². The van der Waals surface area contributed by atoms with E-state index in [4.69, 9.17) is 5.84 Å². The summed E-state index contributed by atoms with van der Waals surface area (Å²) in [6, 6.07) is 0. The largest absolute Gasteiger partial charge is 0.323 e. The van der Waals surface area contributed by atoms with Crippen molar-refractivity contribution in [1.82, 2.24) is 0 Å². The fourth-order valence-electron chi connectivity index (χ4n) is 7.30. The van der Waals surface area contributed by atoms with E-state index >= 15 is 0 Å². The molecule has 4 saturated carbocycles. The second kappa shape index (κ2) is 4.73. The minimum absolute atomic E-state index is 0.341. The third kappa shape index (κ3) is 1.80. The molecule has 2 N–H and O–H groups in total. The average molecular weight is 288 g/mol. The molecular weight excluding hydrogens is 256 g/mol. The van der Waals surface area contributed by atoms with Gasteiger partial charge in [0.2, 0.25) is 0 Å². The summed E-state index contributed by atoms with van der Waals surface area (Å²) in [5.41, 5.74) is 2.33. The molecule has 0 aromatic heterocycles. The van der Waals surface area contributed by atoms with Crippen molar-refractivity contribution in [3.8, 4) is 0 Å². The summed E-state index contributed by atoms with van der Waals surface area (Å²) in [5.74, 6) is 9.57. The van der Waals surface area contributed by atoms with E-state index in [2.05, 4.69) is 18.9 Å². The monoisotopic (exact) mass is 288 g/mol. The highest BCUT2D eigenvalue weighted by atomic mass is 15.1. The van der Waals surface area contributed by atoms with Gasteiger partial charge >= 0.3 is 0 Å². The Hall–Kier alpha value is -0.530. The molecule has 0 heterocycles. The highest BCUT2D eigenvalue weighted by molar-refractivity contribution is 5.92. The quantitative estimate of drug-likeness (QED) is 0.507. The van der Waals surface area contributed by atoms with E-state index in [1.807, 2.05) is 0 Å². The molecule has 0 radical (unpaired) electrons. The van der Waals surface area contributed by atoms with Crippen molar-refractivity contribution < 1.29 is 0 Å². The molecule has 0 aromatic rings. The summed E-state index contributed by atoms with van der Waals surface area (Å²) in [4.78, 5) is 0. The molecule has 0 aromatic carbocycles. The summed E-state index contributed by atoms with van der Waals surface area (Å²) in [6.07, 6.45) is 14.3. The summed E-state index contributed by atoms with van der Waals surface area (Å²) in [6.45, 7) is 5.13. The zero-order valence-electron chi connectivity index (χ0n) is 13.9. The van der Waals surface area contributed by atoms with Gasteiger partial charge in [0.25, 0.3) is 0 Å². The molecule has 0 bridgehead atoms. The van der Waals surface area contributed by atoms with E-state index in [9.17, 15) is 0 Å². The van der Waals surface area contributed by atoms with E-state index in [1.54, 1.807) is 0 Å². The van der Waals surface area contributed by atoms with Gasteiger partial charge in [-0.1, -0.05) is 26.7 Å². The summed E-state index contributed by atoms with van der Waals surface area (Å²) in [7, 11) is 0. The lowest BCUT2D eigenvalue weighted by Gasteiger charge is -2.59. The molecule has 0 saturated heterocycles. The van der Waals surface area contributed by atoms with Gasteiger partial charge < -0.3 is 5.84 Å². The molecule has 6 atom stereocenters. The molecule has 2 heteroatoms. The maximum Gasteiger partial charge on any atom is 0.0437 e. The normalized spacial score (nSPS) is 54.9. The Morgan fingerprint density at radius 3 is 2.62 bits per heavy atom. The minimum Gasteiger partial charge on any atom is -0.323 e. The Bertz CT molecular complexity index is 456. The minimum atomic E-state index is 0.341. The van der Waals surface area contributed by atoms with Crippen LogP contribution < -0.4 is 5.84 Å². The van der Waals surface area contributed by atoms with Crippen molar-refractivity contribution in [2.45, 2.75) is 78.1 Å². The third-order valence-electron chi connectivity index (χ3n) is 8.48. The molecule has 0 spiro atoms. The lowest BCUT2D eigenvalue weighted by Crippen LogP contribution is -2.52. The van der Waals surface area contributed by atoms with Crippen LogP contribution >= 0.6 is 0 Å². The molecule has 0 amide bonds. The maximum absolute atomic E-state index is 5.71. The molecule has 4 aliphatic rings. The predicted molar refractivity (Wildman–Crippen MR) is 88.0 cm³/mol. The Balaban J connectivity index is 1.66. The van der Waals surface area contributed by atoms with Gasteiger partial charge in [0.1, 0.15) is 0 Å². The number of hydrazone groups is 1. The van der Waals surface area contributed by atoms with Crippen LogP contribution in [0.5, 0.6) is 0 Å². The van der Waals surface area contributed by atoms with E-state index in [0.717, 1.165) is 23.7 Å². The van der Waals surface area contributed by atoms with Gasteiger partial charge in [-0.15, -0.1) is 0 Å². The van der Waals surface area contributed by atoms with E-state index in [-0.39, 0.29) is 0 Å². The topological polar surface area (TPSA) is 38.4 Å². The molecule has 118 valence electrons. The van der Waals surface area contributed by atoms with Crippen LogP contribution in [-0.2, 0) is 0 Å². The number of hydrogen-bond donors (Lipinski definition) is 1. The van der Waals surface area contributed by atoms with Crippen molar-refractivity contribution in [2.75, 3.05) is 0 Å². The van der Waals surface area contributed by atoms with Gasteiger partial charge in [-0.25, -0.2) is 0 Å². The summed E-state index contributed by atoms with van der Waals surface area (Å²) in [5, 5.41) is 4.20. The standard InChI is InChI=1S/C19H32N2/c1-18-11-4-3-5-13(18)6-7-14-15-8-9-17(21-20)19(15,2)12-10-16(14)18/h13-16H,3-12,20H2,1-2H3/b21-17-/t13-,14-,15-,16-,18-,19+/m1/s1. The second-order valence-electron chi connectivity index (χ2n) is 8.97. The zero-order valence-corrected chi connectivity index (χ0v) is 13.9. The Morgan fingerprint density at radius 1 is 0.952 bits per heavy atom. The van der Waals surface area contributed by atoms with Crippen LogP contribution in [0.2, 0.25) is 0 Å². The van der Waals surface area contributed by atoms with Gasteiger partial charge in [0.15, 0.2) is 0 Å². The first-order chi connectivity index (χ1) is 10.1. The number of nitrogens with two attached hydrogens (primary N) is 1. The average Bonchev–Trinajstić information content (AvgIpc) is 2.83. The van der Waals surface area contributed by atoms with Crippen LogP contribution in [0.25, 0.3) is 0 Å². The first kappa shape index (κ1) is 14.1. The predicted octanol–water partition coefficient (Wildman–Crippen LogP) is 4.73. The number of rotatable bonds is 0. The van der Waals surface area contributed by atoms with Crippen LogP contribution in [0.1, 0.15) is 78.1 Å². The first-order valence-electron chi connectivity index (χ1n) is 9.37. The van der Waals surface area contributed by atoms with Crippen LogP contribution in [-0.4, -0.2) is 5.71 Å². The molecule has 4 fully saturated rings. The Labute approximate surface area is 129 Å². The van der Waals surface area contributed by atoms with Crippen molar-refractivity contribution >= 4 is 5.71 Å². The lowest BCUT2D eigenvalue weighted by atomic mass is 9.45. The SMILES string of the molecule is C[C@@]12CCCC[C@@H]1CC[C@H]1[C@H]2CC[C@]2(C)/C(=N\N)CC[C@H]12. The maximum atomic E-state index is 5.71. The Morgan fingerprint density at radius 2 is 1.81 bits per heavy atom. The Kier molecular flexibility index (Phi) is 3.17. The van der Waals surface area contributed by atoms with Crippen molar-refractivity contribution in [3.05, 3.63) is 0 Å². The van der Waals surface area contributed by atoms with Crippen molar-refractivity contribution in [1.29, 1.82) is 0 Å². The molecule has 0 aliphatic heterocycles. The van der Waals surface area contributed by atoms with E-state index < -0.39 is 0 Å². The van der Waals surface area contributed by atoms with Gasteiger partial charge in [-0.05, 0) is 80.5 Å². The first-order valence-corrected chi connectivity index (χ1v) is 9.37. The number of fused-ring (bicyclic) bond motifs is 5. The third-order valence-corrected chi connectivity index (χ3v) is 8.48. The number of nitrogens with zero attached hydrogens (tertiary/aromatic N) is 1. The molecule has 4 aliphatic carbocycles. The summed E-state index contributed by atoms with van der Waals surface area (Å²) < 4.78 is 0. The number of hydrogen-bond acceptors (Lipinski definition) is 2. The highest BCUT2D eigenvalue weighted by Crippen LogP contribution is 2.65. The fourth-order valence-corrected chi connectivity index (χ4v) is 7.30. The smallest absolute Gasteiger partial charge is 0.0437 e. The van der Waals surface area contributed by atoms with Crippen molar-refractivity contribution in [2.24, 2.45) is 45.4 Å². The van der Waals surface area contributed by atoms with E-state index in [1.165, 1.54) is 69.9 Å². The van der Waals surface area contributed by atoms with Crippen LogP contribution in [0.3, 0.4) is 0 Å². The second-order valence-corrected chi connectivity index (χ2v) is 8.97. The fraction of sp³-hybridized carbons (Fsp3) is 0.947. The van der Waals surface area contributed by atoms with Gasteiger partial charge in [-0.3, -0.25) is 0 Å². The van der Waals surface area contributed by atoms with E-state index in [0.29, 0.717) is 10.8 Å². The summed E-state index contributed by atoms with van der Waals surface area (Å²) >= 11 is 0. The van der Waals surface area contributed by atoms with Gasteiger partial charge in [0, 0.05) is 11.1 Å². The van der Waals surface area contributed by atoms with Crippen LogP contribution in [0.4, 0.5) is 0 Å². The van der Waals surface area contributed by atoms with Gasteiger partial charge in [-0.2, -0.15) is 5.10 Å².